The molecule has 1 amide bonds. The van der Waals surface area contributed by atoms with Gasteiger partial charge >= 0.3 is 0 Å². The summed E-state index contributed by atoms with van der Waals surface area (Å²) in [7, 11) is 0. The number of amides is 1. The normalized spacial score (nSPS) is 17.8. The number of anilines is 1. The highest BCUT2D eigenvalue weighted by atomic mass is 16.5. The van der Waals surface area contributed by atoms with Gasteiger partial charge in [0.05, 0.1) is 18.2 Å². The van der Waals surface area contributed by atoms with E-state index in [-0.39, 0.29) is 11.3 Å². The Kier molecular flexibility index (Phi) is 6.14. The zero-order valence-corrected chi connectivity index (χ0v) is 20.5. The lowest BCUT2D eigenvalue weighted by Crippen LogP contribution is -2.29. The lowest BCUT2D eigenvalue weighted by Gasteiger charge is -2.25. The van der Waals surface area contributed by atoms with E-state index in [0.29, 0.717) is 35.8 Å². The van der Waals surface area contributed by atoms with Gasteiger partial charge in [-0.15, -0.1) is 0 Å². The van der Waals surface area contributed by atoms with Crippen molar-refractivity contribution in [3.8, 4) is 11.5 Å². The van der Waals surface area contributed by atoms with E-state index in [0.717, 1.165) is 23.3 Å². The molecule has 6 rings (SSSR count). The average Bonchev–Trinajstić information content (AvgIpc) is 3.54. The van der Waals surface area contributed by atoms with Crippen molar-refractivity contribution in [2.75, 3.05) is 11.5 Å². The molecule has 2 heterocycles. The van der Waals surface area contributed by atoms with E-state index in [2.05, 4.69) is 0 Å². The molecule has 1 unspecified atom stereocenters. The number of hydrogen-bond donors (Lipinski definition) is 1. The lowest BCUT2D eigenvalue weighted by atomic mass is 9.94. The average molecular weight is 504 g/mol. The lowest BCUT2D eigenvalue weighted by molar-refractivity contribution is -0.132. The van der Waals surface area contributed by atoms with E-state index in [1.54, 1.807) is 24.3 Å². The molecule has 1 atom stereocenters. The third-order valence-corrected chi connectivity index (χ3v) is 6.89. The zero-order chi connectivity index (χ0) is 26.1. The van der Waals surface area contributed by atoms with Crippen molar-refractivity contribution in [3.63, 3.8) is 0 Å². The summed E-state index contributed by atoms with van der Waals surface area (Å²) in [6.45, 7) is 1.00. The van der Waals surface area contributed by atoms with Crippen LogP contribution in [0.1, 0.15) is 28.3 Å². The zero-order valence-electron chi connectivity index (χ0n) is 20.5. The van der Waals surface area contributed by atoms with Crippen molar-refractivity contribution in [3.05, 3.63) is 131 Å². The van der Waals surface area contributed by atoms with Crippen LogP contribution in [-0.4, -0.2) is 23.4 Å². The fourth-order valence-electron chi connectivity index (χ4n) is 4.98. The fraction of sp³-hybridized carbons (Fsp3) is 0.125. The number of aliphatic hydroxyl groups excluding tert-OH is 1. The number of carbonyl (C=O) groups excluding carboxylic acids is 2. The van der Waals surface area contributed by atoms with E-state index in [1.165, 1.54) is 4.90 Å². The first-order valence-corrected chi connectivity index (χ1v) is 12.5. The van der Waals surface area contributed by atoms with Gasteiger partial charge in [-0.3, -0.25) is 14.5 Å². The minimum Gasteiger partial charge on any atom is -0.507 e. The maximum Gasteiger partial charge on any atom is 0.300 e. The SMILES string of the molecule is O=C1C(=O)N(c2ccccc2)C(c2ccc(OCc3ccccc3)cc2)/C1=C(/O)c1ccc2c(c1)CCO2. The quantitative estimate of drug-likeness (QED) is 0.204. The van der Waals surface area contributed by atoms with Gasteiger partial charge in [0.2, 0.25) is 0 Å². The molecule has 0 aliphatic carbocycles. The predicted molar refractivity (Wildman–Crippen MR) is 144 cm³/mol. The number of carbonyl (C=O) groups is 2. The Bertz CT molecular complexity index is 1530. The Morgan fingerprint density at radius 3 is 2.34 bits per heavy atom. The second-order valence-corrected chi connectivity index (χ2v) is 9.27. The van der Waals surface area contributed by atoms with Crippen molar-refractivity contribution in [1.82, 2.24) is 0 Å². The number of rotatable bonds is 6. The molecule has 1 N–H and O–H groups in total. The van der Waals surface area contributed by atoms with E-state index >= 15 is 0 Å². The number of Topliss-reactive ketones (excluding diaryl/α,β-unsaturated/α-hetero) is 1. The summed E-state index contributed by atoms with van der Waals surface area (Å²) >= 11 is 0. The maximum atomic E-state index is 13.4. The second kappa shape index (κ2) is 9.90. The minimum absolute atomic E-state index is 0.0515. The van der Waals surface area contributed by atoms with Gasteiger partial charge in [0.15, 0.2) is 0 Å². The third-order valence-electron chi connectivity index (χ3n) is 6.89. The molecule has 4 aromatic rings. The molecular formula is C32H25NO5. The Balaban J connectivity index is 1.40. The fourth-order valence-corrected chi connectivity index (χ4v) is 4.98. The van der Waals surface area contributed by atoms with Crippen LogP contribution in [0.25, 0.3) is 5.76 Å². The topological polar surface area (TPSA) is 76.1 Å². The monoisotopic (exact) mass is 503 g/mol. The number of fused-ring (bicyclic) bond motifs is 1. The highest BCUT2D eigenvalue weighted by Crippen LogP contribution is 2.43. The highest BCUT2D eigenvalue weighted by Gasteiger charge is 2.47. The second-order valence-electron chi connectivity index (χ2n) is 9.27. The number of aliphatic hydroxyl groups is 1. The first kappa shape index (κ1) is 23.6. The van der Waals surface area contributed by atoms with Crippen LogP contribution in [0.3, 0.4) is 0 Å². The number of nitrogens with zero attached hydrogens (tertiary/aromatic N) is 1. The molecule has 4 aromatic carbocycles. The van der Waals surface area contributed by atoms with Gasteiger partial charge in [-0.25, -0.2) is 0 Å². The summed E-state index contributed by atoms with van der Waals surface area (Å²) < 4.78 is 11.5. The summed E-state index contributed by atoms with van der Waals surface area (Å²) in [4.78, 5) is 28.2. The molecule has 188 valence electrons. The molecule has 0 bridgehead atoms. The van der Waals surface area contributed by atoms with Crippen LogP contribution in [0.2, 0.25) is 0 Å². The van der Waals surface area contributed by atoms with Crippen LogP contribution in [-0.2, 0) is 22.6 Å². The van der Waals surface area contributed by atoms with Crippen molar-refractivity contribution in [1.29, 1.82) is 0 Å². The largest absolute Gasteiger partial charge is 0.507 e. The number of benzene rings is 4. The highest BCUT2D eigenvalue weighted by molar-refractivity contribution is 6.51. The maximum absolute atomic E-state index is 13.4. The predicted octanol–water partition coefficient (Wildman–Crippen LogP) is 5.83. The number of ether oxygens (including phenoxy) is 2. The van der Waals surface area contributed by atoms with Crippen LogP contribution in [0.4, 0.5) is 5.69 Å². The van der Waals surface area contributed by atoms with E-state index in [1.807, 2.05) is 78.9 Å². The molecule has 0 saturated carbocycles. The first-order valence-electron chi connectivity index (χ1n) is 12.5. The van der Waals surface area contributed by atoms with Crippen LogP contribution in [0, 0.1) is 0 Å². The molecule has 6 nitrogen and oxygen atoms in total. The summed E-state index contributed by atoms with van der Waals surface area (Å²) in [6, 6.07) is 30.7. The van der Waals surface area contributed by atoms with Gasteiger partial charge < -0.3 is 14.6 Å². The van der Waals surface area contributed by atoms with E-state index < -0.39 is 17.7 Å². The van der Waals surface area contributed by atoms with Gasteiger partial charge in [-0.1, -0.05) is 60.7 Å². The Labute approximate surface area is 220 Å². The smallest absolute Gasteiger partial charge is 0.300 e. The van der Waals surface area contributed by atoms with Gasteiger partial charge in [-0.2, -0.15) is 0 Å². The van der Waals surface area contributed by atoms with Crippen molar-refractivity contribution >= 4 is 23.1 Å². The minimum atomic E-state index is -0.801. The van der Waals surface area contributed by atoms with Crippen molar-refractivity contribution in [2.24, 2.45) is 0 Å². The van der Waals surface area contributed by atoms with E-state index in [9.17, 15) is 14.7 Å². The third kappa shape index (κ3) is 4.30. The standard InChI is InChI=1S/C32H25NO5/c34-30(24-13-16-27-23(19-24)17-18-37-27)28-29(33(32(36)31(28)35)25-9-5-2-6-10-25)22-11-14-26(15-12-22)38-20-21-7-3-1-4-8-21/h1-16,19,29,34H,17-18,20H2/b30-28-. The Morgan fingerprint density at radius 2 is 1.61 bits per heavy atom. The molecule has 6 heteroatoms. The molecule has 0 spiro atoms. The summed E-state index contributed by atoms with van der Waals surface area (Å²) in [5.41, 5.74) is 3.80. The molecular weight excluding hydrogens is 478 g/mol. The molecule has 0 radical (unpaired) electrons. The van der Waals surface area contributed by atoms with Gasteiger partial charge in [-0.05, 0) is 59.2 Å². The van der Waals surface area contributed by atoms with Crippen molar-refractivity contribution in [2.45, 2.75) is 19.1 Å². The molecule has 2 aliphatic rings. The first-order chi connectivity index (χ1) is 18.6. The number of para-hydroxylation sites is 1. The van der Waals surface area contributed by atoms with E-state index in [4.69, 9.17) is 9.47 Å². The Hall–Kier alpha value is -4.84. The summed E-state index contributed by atoms with van der Waals surface area (Å²) in [5, 5.41) is 11.4. The van der Waals surface area contributed by atoms with Gasteiger partial charge in [0, 0.05) is 17.7 Å². The van der Waals surface area contributed by atoms with Crippen LogP contribution in [0.5, 0.6) is 11.5 Å². The van der Waals surface area contributed by atoms with Gasteiger partial charge in [0.25, 0.3) is 11.7 Å². The van der Waals surface area contributed by atoms with Crippen molar-refractivity contribution < 1.29 is 24.2 Å². The molecule has 2 aliphatic heterocycles. The number of hydrogen-bond acceptors (Lipinski definition) is 5. The summed E-state index contributed by atoms with van der Waals surface area (Å²) in [6.07, 6.45) is 0.725. The van der Waals surface area contributed by atoms with Crippen LogP contribution < -0.4 is 14.4 Å². The Morgan fingerprint density at radius 1 is 0.895 bits per heavy atom. The molecule has 1 saturated heterocycles. The van der Waals surface area contributed by atoms with Gasteiger partial charge in [0.1, 0.15) is 23.9 Å². The number of ketones is 1. The molecule has 0 aromatic heterocycles. The van der Waals surface area contributed by atoms with Crippen LogP contribution in [0.15, 0.2) is 109 Å². The molecule has 38 heavy (non-hydrogen) atoms. The van der Waals surface area contributed by atoms with Crippen LogP contribution >= 0.6 is 0 Å². The molecule has 1 fully saturated rings. The summed E-state index contributed by atoms with van der Waals surface area (Å²) in [5.74, 6) is -0.179.